The summed E-state index contributed by atoms with van der Waals surface area (Å²) < 4.78 is 8.48. The smallest absolute Gasteiger partial charge is 0.165 e. The fourth-order valence-corrected chi connectivity index (χ4v) is 4.94. The Morgan fingerprint density at radius 1 is 0.969 bits per heavy atom. The lowest BCUT2D eigenvalue weighted by Crippen LogP contribution is -2.31. The molecular formula is C28H31N2O2. The molecule has 0 atom stereocenters. The topological polar surface area (TPSA) is 41.5 Å². The molecule has 2 aromatic carbocycles. The number of aliphatic hydroxyl groups excluding tert-OH is 1. The number of rotatable bonds is 6. The quantitative estimate of drug-likeness (QED) is 0.419. The van der Waals surface area contributed by atoms with E-state index in [1.54, 1.807) is 0 Å². The van der Waals surface area contributed by atoms with Crippen LogP contribution < -0.4 is 4.90 Å². The molecule has 1 aliphatic heterocycles. The Morgan fingerprint density at radius 2 is 1.78 bits per heavy atom. The maximum absolute atomic E-state index is 9.67. The fourth-order valence-electron chi connectivity index (χ4n) is 4.94. The summed E-state index contributed by atoms with van der Waals surface area (Å²) in [7, 11) is 0. The molecule has 4 heteroatoms. The minimum Gasteiger partial charge on any atom is -0.463 e. The van der Waals surface area contributed by atoms with Crippen molar-refractivity contribution in [2.45, 2.75) is 39.5 Å². The average molecular weight is 428 g/mol. The van der Waals surface area contributed by atoms with Crippen LogP contribution in [-0.2, 0) is 6.42 Å². The van der Waals surface area contributed by atoms with Crippen LogP contribution in [0.15, 0.2) is 65.2 Å². The van der Waals surface area contributed by atoms with Crippen LogP contribution in [0.3, 0.4) is 0 Å². The molecule has 1 fully saturated rings. The highest BCUT2D eigenvalue weighted by molar-refractivity contribution is 5.85. The van der Waals surface area contributed by atoms with Gasteiger partial charge in [-0.25, -0.2) is 0 Å². The van der Waals surface area contributed by atoms with Gasteiger partial charge in [0, 0.05) is 48.0 Å². The van der Waals surface area contributed by atoms with Crippen molar-refractivity contribution in [3.8, 4) is 0 Å². The maximum atomic E-state index is 9.67. The number of nitrogens with zero attached hydrogens (tertiary/aromatic N) is 2. The first-order valence-electron chi connectivity index (χ1n) is 11.7. The van der Waals surface area contributed by atoms with Gasteiger partial charge in [0.1, 0.15) is 11.5 Å². The predicted molar refractivity (Wildman–Crippen MR) is 130 cm³/mol. The van der Waals surface area contributed by atoms with E-state index >= 15 is 0 Å². The lowest BCUT2D eigenvalue weighted by molar-refractivity contribution is 0.300. The normalized spacial score (nSPS) is 14.6. The summed E-state index contributed by atoms with van der Waals surface area (Å²) >= 11 is 0. The van der Waals surface area contributed by atoms with Crippen LogP contribution in [0.25, 0.3) is 10.9 Å². The molecule has 4 aromatic rings. The molecule has 0 aliphatic carbocycles. The third-order valence-corrected chi connectivity index (χ3v) is 6.50. The van der Waals surface area contributed by atoms with Gasteiger partial charge >= 0.3 is 0 Å². The van der Waals surface area contributed by atoms with Crippen molar-refractivity contribution in [3.63, 3.8) is 0 Å². The number of aromatic nitrogens is 1. The Bertz CT molecular complexity index is 1210. The Balaban J connectivity index is 1.74. The van der Waals surface area contributed by atoms with E-state index in [1.807, 2.05) is 13.0 Å². The molecule has 165 valence electrons. The van der Waals surface area contributed by atoms with Gasteiger partial charge in [-0.1, -0.05) is 30.3 Å². The van der Waals surface area contributed by atoms with Crippen LogP contribution in [-0.4, -0.2) is 29.4 Å². The van der Waals surface area contributed by atoms with Crippen LogP contribution in [0, 0.1) is 19.9 Å². The first-order chi connectivity index (χ1) is 15.7. The highest BCUT2D eigenvalue weighted by atomic mass is 16.3. The van der Waals surface area contributed by atoms with Gasteiger partial charge in [-0.2, -0.15) is 0 Å². The van der Waals surface area contributed by atoms with Gasteiger partial charge in [-0.3, -0.25) is 0 Å². The molecule has 1 N–H and O–H groups in total. The SMILES string of the molecule is Cc1ccc([C](c2ccc(C)o2)n2cc(CCO)c3ccccc32)c(N2CCCCC2)c1. The minimum absolute atomic E-state index is 0.132. The summed E-state index contributed by atoms with van der Waals surface area (Å²) in [5, 5.41) is 10.8. The lowest BCUT2D eigenvalue weighted by atomic mass is 9.97. The number of furan rings is 1. The molecule has 0 amide bonds. The van der Waals surface area contributed by atoms with E-state index in [4.69, 9.17) is 4.42 Å². The van der Waals surface area contributed by atoms with Crippen LogP contribution in [0.5, 0.6) is 0 Å². The highest BCUT2D eigenvalue weighted by Gasteiger charge is 2.28. The molecule has 32 heavy (non-hydrogen) atoms. The summed E-state index contributed by atoms with van der Waals surface area (Å²) in [6.45, 7) is 6.46. The maximum Gasteiger partial charge on any atom is 0.165 e. The predicted octanol–water partition coefficient (Wildman–Crippen LogP) is 5.85. The van der Waals surface area contributed by atoms with E-state index in [2.05, 4.69) is 71.1 Å². The largest absolute Gasteiger partial charge is 0.463 e. The summed E-state index contributed by atoms with van der Waals surface area (Å²) in [5.41, 5.74) is 6.00. The van der Waals surface area contributed by atoms with Crippen LogP contribution in [0.4, 0.5) is 5.69 Å². The standard InChI is InChI=1S/C28H31N2O2/c1-20-10-12-24(26(18-20)29-15-6-3-7-16-29)28(27-13-11-21(2)32-27)30-19-22(14-17-31)23-8-4-5-9-25(23)30/h4-5,8-13,18-19,31H,3,6-7,14-17H2,1-2H3. The molecule has 5 rings (SSSR count). The van der Waals surface area contributed by atoms with Crippen molar-refractivity contribution >= 4 is 16.6 Å². The van der Waals surface area contributed by atoms with Crippen LogP contribution in [0.1, 0.15) is 47.5 Å². The van der Waals surface area contributed by atoms with Crippen LogP contribution >= 0.6 is 0 Å². The van der Waals surface area contributed by atoms with Crippen molar-refractivity contribution < 1.29 is 9.52 Å². The molecule has 3 heterocycles. The van der Waals surface area contributed by atoms with Gasteiger partial charge < -0.3 is 19.0 Å². The van der Waals surface area contributed by atoms with Gasteiger partial charge in [0.2, 0.25) is 0 Å². The van der Waals surface area contributed by atoms with E-state index in [-0.39, 0.29) is 6.61 Å². The minimum atomic E-state index is 0.132. The van der Waals surface area contributed by atoms with Gasteiger partial charge in [0.25, 0.3) is 0 Å². The Morgan fingerprint density at radius 3 is 2.53 bits per heavy atom. The molecule has 1 saturated heterocycles. The van der Waals surface area contributed by atoms with Crippen molar-refractivity contribution in [2.75, 3.05) is 24.6 Å². The molecule has 2 aromatic heterocycles. The number of aryl methyl sites for hydroxylation is 2. The fraction of sp³-hybridized carbons (Fsp3) is 0.321. The molecule has 0 bridgehead atoms. The Hall–Kier alpha value is -2.98. The van der Waals surface area contributed by atoms with Gasteiger partial charge in [-0.15, -0.1) is 0 Å². The molecule has 0 unspecified atom stereocenters. The number of benzene rings is 2. The molecule has 0 spiro atoms. The van der Waals surface area contributed by atoms with Crippen LogP contribution in [0.2, 0.25) is 0 Å². The Labute approximate surface area is 190 Å². The second kappa shape index (κ2) is 8.87. The number of anilines is 1. The number of fused-ring (bicyclic) bond motifs is 1. The molecular weight excluding hydrogens is 396 g/mol. The number of hydrogen-bond donors (Lipinski definition) is 1. The molecule has 4 nitrogen and oxygen atoms in total. The zero-order chi connectivity index (χ0) is 22.1. The monoisotopic (exact) mass is 427 g/mol. The second-order valence-electron chi connectivity index (χ2n) is 8.84. The second-order valence-corrected chi connectivity index (χ2v) is 8.84. The third-order valence-electron chi connectivity index (χ3n) is 6.50. The summed E-state index contributed by atoms with van der Waals surface area (Å²) in [4.78, 5) is 2.53. The van der Waals surface area contributed by atoms with Crippen molar-refractivity contribution in [1.29, 1.82) is 0 Å². The molecule has 1 aliphatic rings. The lowest BCUT2D eigenvalue weighted by Gasteiger charge is -2.32. The summed E-state index contributed by atoms with van der Waals surface area (Å²) in [6.07, 6.45) is 6.57. The summed E-state index contributed by atoms with van der Waals surface area (Å²) in [5.74, 6) is 1.76. The zero-order valence-electron chi connectivity index (χ0n) is 19.0. The first kappa shape index (κ1) is 20.9. The average Bonchev–Trinajstić information content (AvgIpc) is 3.40. The van der Waals surface area contributed by atoms with Crippen molar-refractivity contribution in [3.05, 3.63) is 95.0 Å². The van der Waals surface area contributed by atoms with Crippen molar-refractivity contribution in [1.82, 2.24) is 4.57 Å². The number of para-hydroxylation sites is 1. The van der Waals surface area contributed by atoms with E-state index < -0.39 is 0 Å². The van der Waals surface area contributed by atoms with E-state index in [1.165, 1.54) is 41.5 Å². The van der Waals surface area contributed by atoms with E-state index in [0.29, 0.717) is 6.42 Å². The number of aliphatic hydroxyl groups is 1. The number of hydrogen-bond acceptors (Lipinski definition) is 3. The van der Waals surface area contributed by atoms with Gasteiger partial charge in [0.15, 0.2) is 6.04 Å². The number of piperidine rings is 1. The van der Waals surface area contributed by atoms with Crippen molar-refractivity contribution in [2.24, 2.45) is 0 Å². The Kier molecular flexibility index (Phi) is 5.79. The van der Waals surface area contributed by atoms with Gasteiger partial charge in [-0.05, 0) is 74.9 Å². The molecule has 1 radical (unpaired) electrons. The van der Waals surface area contributed by atoms with Gasteiger partial charge in [0.05, 0.1) is 0 Å². The third kappa shape index (κ3) is 3.84. The first-order valence-corrected chi connectivity index (χ1v) is 11.7. The van der Waals surface area contributed by atoms with E-state index in [9.17, 15) is 5.11 Å². The highest BCUT2D eigenvalue weighted by Crippen LogP contribution is 2.38. The van der Waals surface area contributed by atoms with E-state index in [0.717, 1.165) is 41.7 Å². The summed E-state index contributed by atoms with van der Waals surface area (Å²) in [6, 6.07) is 20.4. The molecule has 0 saturated carbocycles. The zero-order valence-corrected chi connectivity index (χ0v) is 19.0.